The van der Waals surface area contributed by atoms with E-state index in [0.29, 0.717) is 25.1 Å². The van der Waals surface area contributed by atoms with Gasteiger partial charge in [0.05, 0.1) is 31.1 Å². The van der Waals surface area contributed by atoms with Crippen LogP contribution < -0.4 is 10.6 Å². The predicted octanol–water partition coefficient (Wildman–Crippen LogP) is 10.1. The maximum atomic E-state index is 13.9. The minimum Gasteiger partial charge on any atom is -0.453 e. The molecule has 0 spiro atoms. The molecule has 2 aliphatic heterocycles. The summed E-state index contributed by atoms with van der Waals surface area (Å²) in [6.07, 6.45) is 4.91. The van der Waals surface area contributed by atoms with Crippen molar-refractivity contribution in [2.24, 2.45) is 5.92 Å². The summed E-state index contributed by atoms with van der Waals surface area (Å²) in [7, 11) is 1.29. The van der Waals surface area contributed by atoms with E-state index in [1.165, 1.54) is 26.3 Å². The number of H-pyrrole nitrogens is 2. The number of nitrogens with zero attached hydrogens (tertiary/aromatic N) is 3. The molecule has 0 aliphatic carbocycles. The van der Waals surface area contributed by atoms with Crippen LogP contribution in [0.25, 0.3) is 52.4 Å². The zero-order chi connectivity index (χ0) is 43.8. The second-order valence-electron chi connectivity index (χ2n) is 16.7. The molecule has 0 radical (unpaired) electrons. The van der Waals surface area contributed by atoms with Crippen LogP contribution >= 0.6 is 22.7 Å². The Balaban J connectivity index is 0.876. The van der Waals surface area contributed by atoms with Crippen molar-refractivity contribution in [2.45, 2.75) is 77.0 Å². The van der Waals surface area contributed by atoms with Gasteiger partial charge in [0.15, 0.2) is 0 Å². The zero-order valence-corrected chi connectivity index (χ0v) is 37.4. The van der Waals surface area contributed by atoms with Crippen molar-refractivity contribution < 1.29 is 23.9 Å². The van der Waals surface area contributed by atoms with Crippen LogP contribution in [0.3, 0.4) is 0 Å². The van der Waals surface area contributed by atoms with Crippen molar-refractivity contribution in [3.05, 3.63) is 114 Å². The summed E-state index contributed by atoms with van der Waals surface area (Å²) in [4.78, 5) is 70.2. The van der Waals surface area contributed by atoms with E-state index in [0.717, 1.165) is 70.5 Å². The lowest BCUT2D eigenvalue weighted by Crippen LogP contribution is -2.50. The van der Waals surface area contributed by atoms with Crippen LogP contribution in [0.5, 0.6) is 0 Å². The first-order valence-corrected chi connectivity index (χ1v) is 23.3. The lowest BCUT2D eigenvalue weighted by Gasteiger charge is -2.30. The summed E-state index contributed by atoms with van der Waals surface area (Å²) in [5.41, 5.74) is 6.93. The average Bonchev–Trinajstić information content (AvgIpc) is 4.16. The Bertz CT molecular complexity index is 2760. The SMILES string of the molecule is CCC(=O)N[C@H](C(=O)N1CCC[C@H]1c1cc2cc(-c3cc4sc(-c5ccc(-c6cnc([C@@H]7CCCN7C(=O)[C@H](NC(=O)OC)c7ccccc7)[nH]6)cc5)cc4s3)ccc2[nH]1)C(C)C. The Hall–Kier alpha value is -6.25. The van der Waals surface area contributed by atoms with Crippen molar-refractivity contribution in [1.82, 2.24) is 35.4 Å². The topological polar surface area (TPSA) is 153 Å². The first-order valence-electron chi connectivity index (χ1n) is 21.7. The van der Waals surface area contributed by atoms with Crippen LogP contribution in [0, 0.1) is 5.92 Å². The van der Waals surface area contributed by atoms with Gasteiger partial charge in [0, 0.05) is 55.3 Å². The van der Waals surface area contributed by atoms with E-state index in [-0.39, 0.29) is 35.7 Å². The number of imidazole rings is 1. The molecule has 7 aromatic rings. The molecule has 4 aromatic heterocycles. The highest BCUT2D eigenvalue weighted by molar-refractivity contribution is 7.31. The van der Waals surface area contributed by atoms with Gasteiger partial charge in [-0.3, -0.25) is 14.4 Å². The number of benzene rings is 3. The smallest absolute Gasteiger partial charge is 0.407 e. The van der Waals surface area contributed by atoms with E-state index in [4.69, 9.17) is 9.72 Å². The van der Waals surface area contributed by atoms with Crippen LogP contribution in [0.4, 0.5) is 4.79 Å². The summed E-state index contributed by atoms with van der Waals surface area (Å²) in [6, 6.07) is 29.3. The van der Waals surface area contributed by atoms with Gasteiger partial charge in [0.2, 0.25) is 11.8 Å². The molecule has 2 fully saturated rings. The Morgan fingerprint density at radius 1 is 0.778 bits per heavy atom. The molecule has 0 unspecified atom stereocenters. The molecular formula is C49H51N7O5S2. The Kier molecular flexibility index (Phi) is 11.9. The summed E-state index contributed by atoms with van der Waals surface area (Å²) >= 11 is 3.57. The minimum absolute atomic E-state index is 0.00444. The van der Waals surface area contributed by atoms with Gasteiger partial charge in [-0.15, -0.1) is 22.7 Å². The number of hydrogen-bond acceptors (Lipinski definition) is 8. The summed E-state index contributed by atoms with van der Waals surface area (Å²) in [6.45, 7) is 7.02. The Morgan fingerprint density at radius 2 is 1.43 bits per heavy atom. The number of carbonyl (C=O) groups excluding carboxylic acids is 4. The Labute approximate surface area is 374 Å². The molecule has 9 rings (SSSR count). The van der Waals surface area contributed by atoms with Gasteiger partial charge < -0.3 is 35.1 Å². The normalized spacial score (nSPS) is 17.4. The second kappa shape index (κ2) is 17.9. The van der Waals surface area contributed by atoms with Crippen LogP contribution in [-0.4, -0.2) is 74.8 Å². The molecule has 6 heterocycles. The fraction of sp³-hybridized carbons (Fsp3) is 0.327. The van der Waals surface area contributed by atoms with Gasteiger partial charge in [-0.2, -0.15) is 0 Å². The first kappa shape index (κ1) is 42.1. The number of fused-ring (bicyclic) bond motifs is 2. The third-order valence-corrected chi connectivity index (χ3v) is 14.7. The van der Waals surface area contributed by atoms with Gasteiger partial charge in [-0.05, 0) is 84.2 Å². The predicted molar refractivity (Wildman–Crippen MR) is 249 cm³/mol. The summed E-state index contributed by atoms with van der Waals surface area (Å²) < 4.78 is 7.32. The molecule has 0 saturated carbocycles. The van der Waals surface area contributed by atoms with Crippen molar-refractivity contribution in [3.63, 3.8) is 0 Å². The number of thiophene rings is 2. The molecule has 3 aromatic carbocycles. The highest BCUT2D eigenvalue weighted by atomic mass is 32.1. The highest BCUT2D eigenvalue weighted by Crippen LogP contribution is 2.43. The molecule has 2 saturated heterocycles. The van der Waals surface area contributed by atoms with Crippen molar-refractivity contribution in [1.29, 1.82) is 0 Å². The summed E-state index contributed by atoms with van der Waals surface area (Å²) in [5.74, 6) is 0.400. The Morgan fingerprint density at radius 3 is 2.11 bits per heavy atom. The number of carbonyl (C=O) groups is 4. The molecular weight excluding hydrogens is 831 g/mol. The molecule has 4 amide bonds. The largest absolute Gasteiger partial charge is 0.453 e. The van der Waals surface area contributed by atoms with E-state index >= 15 is 0 Å². The molecule has 324 valence electrons. The molecule has 12 nitrogen and oxygen atoms in total. The van der Waals surface area contributed by atoms with Gasteiger partial charge >= 0.3 is 6.09 Å². The third kappa shape index (κ3) is 8.49. The summed E-state index contributed by atoms with van der Waals surface area (Å²) in [5, 5.41) is 6.80. The molecule has 0 bridgehead atoms. The quantitative estimate of drug-likeness (QED) is 0.0959. The fourth-order valence-corrected chi connectivity index (χ4v) is 11.4. The number of likely N-dealkylation sites (tertiary alicyclic amines) is 2. The lowest BCUT2D eigenvalue weighted by molar-refractivity contribution is -0.138. The van der Waals surface area contributed by atoms with Crippen molar-refractivity contribution in [3.8, 4) is 32.1 Å². The maximum absolute atomic E-state index is 13.9. The number of ether oxygens (including phenoxy) is 1. The number of aromatic nitrogens is 3. The molecule has 2 aliphatic rings. The fourth-order valence-electron chi connectivity index (χ4n) is 8.99. The van der Waals surface area contributed by atoms with Gasteiger partial charge in [-0.1, -0.05) is 81.4 Å². The first-order chi connectivity index (χ1) is 30.6. The van der Waals surface area contributed by atoms with E-state index in [9.17, 15) is 19.2 Å². The molecule has 14 heteroatoms. The average molecular weight is 882 g/mol. The van der Waals surface area contributed by atoms with Gasteiger partial charge in [-0.25, -0.2) is 9.78 Å². The molecule has 4 N–H and O–H groups in total. The lowest BCUT2D eigenvalue weighted by atomic mass is 10.0. The molecule has 63 heavy (non-hydrogen) atoms. The zero-order valence-electron chi connectivity index (χ0n) is 35.8. The highest BCUT2D eigenvalue weighted by Gasteiger charge is 2.38. The van der Waals surface area contributed by atoms with Crippen LogP contribution in [0.15, 0.2) is 97.2 Å². The van der Waals surface area contributed by atoms with Gasteiger partial charge in [0.1, 0.15) is 17.9 Å². The van der Waals surface area contributed by atoms with Crippen LogP contribution in [-0.2, 0) is 19.1 Å². The number of aromatic amines is 2. The van der Waals surface area contributed by atoms with Crippen molar-refractivity contribution in [2.75, 3.05) is 20.2 Å². The standard InChI is InChI=1S/C49H51N7O5S2/c1-5-43(57)53-44(28(2)3)47(58)55-21-9-13-37(55)35-24-33-23-32(19-20-34(33)51-35)40-26-42-41(63-40)25-39(62-42)30-17-15-29(16-18-30)36-27-50-46(52-36)38-14-10-22-56(38)48(59)45(54-49(60)61-4)31-11-7-6-8-12-31/h6-8,11-12,15-20,23-28,37-38,44-45,51H,5,9-10,13-14,21-22H2,1-4H3,(H,50,52)(H,53,57)(H,54,60)/t37-,38-,44-,45+/m0/s1. The third-order valence-electron chi connectivity index (χ3n) is 12.4. The van der Waals surface area contributed by atoms with E-state index < -0.39 is 18.2 Å². The van der Waals surface area contributed by atoms with Crippen LogP contribution in [0.1, 0.15) is 88.1 Å². The number of hydrogen-bond donors (Lipinski definition) is 4. The monoisotopic (exact) mass is 881 g/mol. The number of alkyl carbamates (subject to hydrolysis) is 1. The second-order valence-corrected chi connectivity index (χ2v) is 18.9. The minimum atomic E-state index is -0.871. The van der Waals surface area contributed by atoms with Crippen molar-refractivity contribution >= 4 is 66.8 Å². The number of methoxy groups -OCH3 is 1. The number of nitrogens with one attached hydrogen (secondary N) is 4. The number of rotatable bonds is 12. The van der Waals surface area contributed by atoms with Gasteiger partial charge in [0.25, 0.3) is 5.91 Å². The van der Waals surface area contributed by atoms with Crippen LogP contribution in [0.2, 0.25) is 0 Å². The molecule has 4 atom stereocenters. The maximum Gasteiger partial charge on any atom is 0.407 e. The number of amides is 4. The van der Waals surface area contributed by atoms with E-state index in [2.05, 4.69) is 81.3 Å². The van der Waals surface area contributed by atoms with E-state index in [1.807, 2.05) is 55.3 Å². The van der Waals surface area contributed by atoms with E-state index in [1.54, 1.807) is 34.5 Å².